The van der Waals surface area contributed by atoms with Crippen LogP contribution in [0.25, 0.3) is 10.2 Å². The second kappa shape index (κ2) is 7.04. The third kappa shape index (κ3) is 3.56. The molecule has 0 N–H and O–H groups in total. The lowest BCUT2D eigenvalue weighted by molar-refractivity contribution is -0.141. The first-order valence-corrected chi connectivity index (χ1v) is 10.7. The van der Waals surface area contributed by atoms with Crippen LogP contribution in [-0.4, -0.2) is 33.4 Å². The average Bonchev–Trinajstić information content (AvgIpc) is 2.87. The molecule has 1 aliphatic heterocycles. The fourth-order valence-electron chi connectivity index (χ4n) is 3.91. The van der Waals surface area contributed by atoms with Gasteiger partial charge in [-0.1, -0.05) is 34.6 Å². The predicted molar refractivity (Wildman–Crippen MR) is 112 cm³/mol. The third-order valence-electron chi connectivity index (χ3n) is 5.47. The maximum atomic E-state index is 13.5. The molecular formula is C21H31N3O2S. The normalized spacial score (nSPS) is 18.5. The number of likely N-dealkylation sites (tertiary alicyclic amines) is 1. The van der Waals surface area contributed by atoms with Gasteiger partial charge in [-0.25, -0.2) is 4.98 Å². The standard InChI is InChI=1S/C21H31N3O2S/c1-12(2)17-22-18-16(13(3)14(4)27-18)19(25)24(17)15-9-8-10-23(11-15)20(26)21(5,6)7/h12,15H,8-11H2,1-7H3/t15-/m1/s1. The Labute approximate surface area is 165 Å². The molecule has 2 aromatic rings. The van der Waals surface area contributed by atoms with E-state index in [0.29, 0.717) is 6.54 Å². The summed E-state index contributed by atoms with van der Waals surface area (Å²) < 4.78 is 1.90. The lowest BCUT2D eigenvalue weighted by Crippen LogP contribution is -2.47. The lowest BCUT2D eigenvalue weighted by atomic mass is 9.92. The maximum absolute atomic E-state index is 13.5. The van der Waals surface area contributed by atoms with E-state index in [1.807, 2.05) is 44.1 Å². The zero-order chi connectivity index (χ0) is 20.1. The molecule has 1 saturated heterocycles. The Morgan fingerprint density at radius 2 is 1.93 bits per heavy atom. The Morgan fingerprint density at radius 3 is 2.52 bits per heavy atom. The number of hydrogen-bond donors (Lipinski definition) is 0. The Hall–Kier alpha value is -1.69. The Kier molecular flexibility index (Phi) is 5.23. The Balaban J connectivity index is 2.11. The first kappa shape index (κ1) is 20.1. The zero-order valence-electron chi connectivity index (χ0n) is 17.5. The van der Waals surface area contributed by atoms with Gasteiger partial charge in [0.25, 0.3) is 5.56 Å². The second-order valence-electron chi connectivity index (χ2n) is 9.06. The molecule has 5 nitrogen and oxygen atoms in total. The summed E-state index contributed by atoms with van der Waals surface area (Å²) >= 11 is 1.60. The quantitative estimate of drug-likeness (QED) is 0.764. The molecule has 0 bridgehead atoms. The highest BCUT2D eigenvalue weighted by molar-refractivity contribution is 7.18. The minimum Gasteiger partial charge on any atom is -0.340 e. The summed E-state index contributed by atoms with van der Waals surface area (Å²) in [5.41, 5.74) is 0.687. The first-order chi connectivity index (χ1) is 12.5. The van der Waals surface area contributed by atoms with Crippen molar-refractivity contribution in [3.63, 3.8) is 0 Å². The Morgan fingerprint density at radius 1 is 1.26 bits per heavy atom. The number of hydrogen-bond acceptors (Lipinski definition) is 4. The first-order valence-electron chi connectivity index (χ1n) is 9.84. The van der Waals surface area contributed by atoms with Crippen molar-refractivity contribution in [3.8, 4) is 0 Å². The summed E-state index contributed by atoms with van der Waals surface area (Å²) in [5.74, 6) is 1.14. The molecule has 3 rings (SSSR count). The average molecular weight is 390 g/mol. The summed E-state index contributed by atoms with van der Waals surface area (Å²) in [4.78, 5) is 35.1. The highest BCUT2D eigenvalue weighted by Gasteiger charge is 2.33. The van der Waals surface area contributed by atoms with E-state index in [1.165, 1.54) is 0 Å². The number of thiophene rings is 1. The maximum Gasteiger partial charge on any atom is 0.262 e. The summed E-state index contributed by atoms with van der Waals surface area (Å²) in [6.07, 6.45) is 1.82. The molecule has 1 aliphatic rings. The molecule has 0 spiro atoms. The van der Waals surface area contributed by atoms with Gasteiger partial charge >= 0.3 is 0 Å². The van der Waals surface area contributed by atoms with Crippen LogP contribution in [-0.2, 0) is 4.79 Å². The van der Waals surface area contributed by atoms with E-state index in [1.54, 1.807) is 11.3 Å². The van der Waals surface area contributed by atoms with E-state index in [9.17, 15) is 9.59 Å². The minimum atomic E-state index is -0.406. The lowest BCUT2D eigenvalue weighted by Gasteiger charge is -2.37. The van der Waals surface area contributed by atoms with E-state index in [-0.39, 0.29) is 23.4 Å². The van der Waals surface area contributed by atoms with Crippen molar-refractivity contribution in [1.82, 2.24) is 14.5 Å². The van der Waals surface area contributed by atoms with Crippen molar-refractivity contribution in [1.29, 1.82) is 0 Å². The van der Waals surface area contributed by atoms with Crippen molar-refractivity contribution in [2.45, 2.75) is 73.3 Å². The largest absolute Gasteiger partial charge is 0.340 e. The van der Waals surface area contributed by atoms with E-state index >= 15 is 0 Å². The molecule has 27 heavy (non-hydrogen) atoms. The van der Waals surface area contributed by atoms with Gasteiger partial charge in [0.05, 0.1) is 11.4 Å². The predicted octanol–water partition coefficient (Wildman–Crippen LogP) is 4.41. The van der Waals surface area contributed by atoms with Gasteiger partial charge in [0.1, 0.15) is 10.7 Å². The van der Waals surface area contributed by atoms with Gasteiger partial charge in [0.15, 0.2) is 0 Å². The highest BCUT2D eigenvalue weighted by atomic mass is 32.1. The van der Waals surface area contributed by atoms with Gasteiger partial charge < -0.3 is 4.90 Å². The van der Waals surface area contributed by atoms with Crippen LogP contribution in [0, 0.1) is 19.3 Å². The number of amides is 1. The van der Waals surface area contributed by atoms with E-state index in [2.05, 4.69) is 13.8 Å². The van der Waals surface area contributed by atoms with Gasteiger partial charge in [0, 0.05) is 29.3 Å². The molecule has 1 amide bonds. The zero-order valence-corrected chi connectivity index (χ0v) is 18.4. The van der Waals surface area contributed by atoms with Crippen LogP contribution in [0.15, 0.2) is 4.79 Å². The van der Waals surface area contributed by atoms with Crippen LogP contribution >= 0.6 is 11.3 Å². The van der Waals surface area contributed by atoms with Crippen molar-refractivity contribution < 1.29 is 4.79 Å². The van der Waals surface area contributed by atoms with Crippen LogP contribution in [0.3, 0.4) is 0 Å². The molecule has 0 aliphatic carbocycles. The third-order valence-corrected chi connectivity index (χ3v) is 6.57. The SMILES string of the molecule is Cc1sc2nc(C(C)C)n([C@@H]3CCCN(C(=O)C(C)(C)C)C3)c(=O)c2c1C. The Bertz CT molecular complexity index is 934. The number of rotatable bonds is 2. The molecule has 1 fully saturated rings. The molecule has 2 aromatic heterocycles. The van der Waals surface area contributed by atoms with E-state index < -0.39 is 5.41 Å². The van der Waals surface area contributed by atoms with Gasteiger partial charge in [0.2, 0.25) is 5.91 Å². The summed E-state index contributed by atoms with van der Waals surface area (Å²) in [6, 6.07) is -0.00791. The monoisotopic (exact) mass is 389 g/mol. The molecule has 0 saturated carbocycles. The van der Waals surface area contributed by atoms with Crippen LogP contribution in [0.4, 0.5) is 0 Å². The summed E-state index contributed by atoms with van der Waals surface area (Å²) in [5, 5.41) is 0.751. The van der Waals surface area contributed by atoms with Crippen LogP contribution in [0.1, 0.15) is 75.7 Å². The number of fused-ring (bicyclic) bond motifs is 1. The van der Waals surface area contributed by atoms with E-state index in [4.69, 9.17) is 4.98 Å². The molecule has 0 aromatic carbocycles. The highest BCUT2D eigenvalue weighted by Crippen LogP contribution is 2.31. The number of piperidine rings is 1. The van der Waals surface area contributed by atoms with Gasteiger partial charge in [-0.15, -0.1) is 11.3 Å². The number of aryl methyl sites for hydroxylation is 2. The van der Waals surface area contributed by atoms with Crippen molar-refractivity contribution in [2.75, 3.05) is 13.1 Å². The number of aromatic nitrogens is 2. The minimum absolute atomic E-state index is 0.00791. The fourth-order valence-corrected chi connectivity index (χ4v) is 4.93. The molecular weight excluding hydrogens is 358 g/mol. The number of carbonyl (C=O) groups excluding carboxylic acids is 1. The van der Waals surface area contributed by atoms with Crippen molar-refractivity contribution in [2.24, 2.45) is 5.41 Å². The second-order valence-corrected chi connectivity index (χ2v) is 10.3. The summed E-state index contributed by atoms with van der Waals surface area (Å²) in [7, 11) is 0. The van der Waals surface area contributed by atoms with Crippen LogP contribution in [0.5, 0.6) is 0 Å². The summed E-state index contributed by atoms with van der Waals surface area (Å²) in [6.45, 7) is 15.4. The van der Waals surface area contributed by atoms with E-state index in [0.717, 1.165) is 45.9 Å². The fraction of sp³-hybridized carbons (Fsp3) is 0.667. The van der Waals surface area contributed by atoms with Gasteiger partial charge in [-0.05, 0) is 32.3 Å². The van der Waals surface area contributed by atoms with Crippen molar-refractivity contribution in [3.05, 3.63) is 26.6 Å². The number of carbonyl (C=O) groups is 1. The molecule has 148 valence electrons. The van der Waals surface area contributed by atoms with Crippen molar-refractivity contribution >= 4 is 27.5 Å². The molecule has 1 atom stereocenters. The van der Waals surface area contributed by atoms with Gasteiger partial charge in [-0.3, -0.25) is 14.2 Å². The molecule has 0 radical (unpaired) electrons. The smallest absolute Gasteiger partial charge is 0.262 e. The van der Waals surface area contributed by atoms with Crippen LogP contribution < -0.4 is 5.56 Å². The van der Waals surface area contributed by atoms with Gasteiger partial charge in [-0.2, -0.15) is 0 Å². The number of nitrogens with zero attached hydrogens (tertiary/aromatic N) is 3. The topological polar surface area (TPSA) is 55.2 Å². The molecule has 3 heterocycles. The molecule has 6 heteroatoms. The van der Waals surface area contributed by atoms with Crippen LogP contribution in [0.2, 0.25) is 0 Å². The molecule has 0 unspecified atom stereocenters.